The van der Waals surface area contributed by atoms with Gasteiger partial charge in [0.1, 0.15) is 5.82 Å². The number of hydrazine groups is 1. The van der Waals surface area contributed by atoms with Crippen LogP contribution in [0.25, 0.3) is 0 Å². The first kappa shape index (κ1) is 24.4. The number of hydrogen-bond acceptors (Lipinski definition) is 6. The molecule has 1 saturated heterocycles. The summed E-state index contributed by atoms with van der Waals surface area (Å²) >= 11 is 0. The van der Waals surface area contributed by atoms with Crippen molar-refractivity contribution in [3.63, 3.8) is 0 Å². The highest BCUT2D eigenvalue weighted by Gasteiger charge is 2.25. The lowest BCUT2D eigenvalue weighted by molar-refractivity contribution is 0.353. The molecule has 32 heavy (non-hydrogen) atoms. The Labute approximate surface area is 189 Å². The summed E-state index contributed by atoms with van der Waals surface area (Å²) in [6, 6.07) is 11.7. The Hall–Kier alpha value is -2.20. The number of rotatable bonds is 11. The maximum atomic E-state index is 13.1. The van der Waals surface area contributed by atoms with Gasteiger partial charge in [0.2, 0.25) is 10.0 Å². The first-order chi connectivity index (χ1) is 15.3. The zero-order valence-corrected chi connectivity index (χ0v) is 19.6. The number of ether oxygens (including phenoxy) is 2. The molecule has 2 atom stereocenters. The van der Waals surface area contributed by atoms with Crippen molar-refractivity contribution in [1.82, 2.24) is 15.2 Å². The lowest BCUT2D eigenvalue weighted by Crippen LogP contribution is -2.30. The fourth-order valence-corrected chi connectivity index (χ4v) is 5.13. The fourth-order valence-electron chi connectivity index (χ4n) is 3.90. The predicted octanol–water partition coefficient (Wildman–Crippen LogP) is 3.63. The minimum absolute atomic E-state index is 0.179. The molecular formula is C23H32FN3O4S. The van der Waals surface area contributed by atoms with Gasteiger partial charge in [0, 0.05) is 31.7 Å². The Morgan fingerprint density at radius 3 is 2.41 bits per heavy atom. The van der Waals surface area contributed by atoms with Crippen LogP contribution in [0, 0.1) is 5.82 Å². The average Bonchev–Trinajstić information content (AvgIpc) is 3.27. The van der Waals surface area contributed by atoms with Crippen molar-refractivity contribution in [3.8, 4) is 11.5 Å². The van der Waals surface area contributed by atoms with Gasteiger partial charge in [-0.05, 0) is 49.1 Å². The molecule has 2 aromatic rings. The molecule has 3 rings (SSSR count). The summed E-state index contributed by atoms with van der Waals surface area (Å²) < 4.78 is 50.6. The fraction of sp³-hybridized carbons (Fsp3) is 0.478. The van der Waals surface area contributed by atoms with E-state index in [1.54, 1.807) is 13.1 Å². The molecule has 2 aromatic carbocycles. The number of unbranched alkanes of at least 4 members (excludes halogenated alkanes) is 2. The van der Waals surface area contributed by atoms with E-state index in [0.29, 0.717) is 24.1 Å². The van der Waals surface area contributed by atoms with Gasteiger partial charge in [0.25, 0.3) is 0 Å². The summed E-state index contributed by atoms with van der Waals surface area (Å²) in [5, 5.41) is 0. The molecule has 9 heteroatoms. The highest BCUT2D eigenvalue weighted by Crippen LogP contribution is 2.30. The Morgan fingerprint density at radius 1 is 1.00 bits per heavy atom. The summed E-state index contributed by atoms with van der Waals surface area (Å²) in [7, 11) is 1.00. The van der Waals surface area contributed by atoms with Gasteiger partial charge < -0.3 is 9.47 Å². The third-order valence-corrected chi connectivity index (χ3v) is 7.70. The van der Waals surface area contributed by atoms with E-state index in [4.69, 9.17) is 9.47 Å². The number of nitrogens with one attached hydrogen (secondary N) is 2. The number of methoxy groups -OCH3 is 2. The first-order valence-corrected chi connectivity index (χ1v) is 12.2. The molecule has 0 amide bonds. The van der Waals surface area contributed by atoms with Crippen molar-refractivity contribution in [2.45, 2.75) is 49.1 Å². The van der Waals surface area contributed by atoms with Gasteiger partial charge in [-0.1, -0.05) is 25.0 Å². The number of benzene rings is 2. The number of hydrogen-bond donors (Lipinski definition) is 2. The highest BCUT2D eigenvalue weighted by molar-refractivity contribution is 7.89. The summed E-state index contributed by atoms with van der Waals surface area (Å²) in [5.74, 6) is 0.652. The molecule has 0 radical (unpaired) electrons. The first-order valence-electron chi connectivity index (χ1n) is 10.8. The van der Waals surface area contributed by atoms with Crippen LogP contribution in [0.4, 0.5) is 4.39 Å². The van der Waals surface area contributed by atoms with E-state index in [1.165, 1.54) is 42.8 Å². The topological polar surface area (TPSA) is 79.9 Å². The molecule has 1 heterocycles. The number of halogens is 1. The van der Waals surface area contributed by atoms with Crippen LogP contribution in [0.1, 0.15) is 43.7 Å². The van der Waals surface area contributed by atoms with Crippen LogP contribution in [-0.2, 0) is 10.0 Å². The standard InChI is InChI=1S/C23H32FN3O4S/c1-27(32(28,29)20-12-13-22(30-2)23(16-20)31-3)14-6-4-5-7-19-15-21(26-25-19)17-8-10-18(24)11-9-17/h8-13,16,19,21,25-26H,4-7,14-15H2,1-3H3. The van der Waals surface area contributed by atoms with E-state index >= 15 is 0 Å². The Kier molecular flexibility index (Phi) is 8.47. The van der Waals surface area contributed by atoms with E-state index in [1.807, 2.05) is 12.1 Å². The molecule has 0 spiro atoms. The second-order valence-electron chi connectivity index (χ2n) is 8.02. The summed E-state index contributed by atoms with van der Waals surface area (Å²) in [5.41, 5.74) is 7.66. The zero-order chi connectivity index (χ0) is 23.1. The van der Waals surface area contributed by atoms with E-state index in [-0.39, 0.29) is 16.8 Å². The van der Waals surface area contributed by atoms with Crippen LogP contribution < -0.4 is 20.3 Å². The third kappa shape index (κ3) is 5.98. The van der Waals surface area contributed by atoms with Gasteiger partial charge in [0.15, 0.2) is 11.5 Å². The van der Waals surface area contributed by atoms with Crippen molar-refractivity contribution in [3.05, 3.63) is 53.8 Å². The maximum Gasteiger partial charge on any atom is 0.242 e. The molecule has 0 aromatic heterocycles. The number of nitrogens with zero attached hydrogens (tertiary/aromatic N) is 1. The SMILES string of the molecule is COc1ccc(S(=O)(=O)N(C)CCCCCC2CC(c3ccc(F)cc3)NN2)cc1OC. The van der Waals surface area contributed by atoms with Crippen LogP contribution >= 0.6 is 0 Å². The molecule has 0 saturated carbocycles. The van der Waals surface area contributed by atoms with Crippen LogP contribution in [0.15, 0.2) is 47.4 Å². The molecule has 2 N–H and O–H groups in total. The van der Waals surface area contributed by atoms with Gasteiger partial charge in [-0.25, -0.2) is 17.1 Å². The van der Waals surface area contributed by atoms with Gasteiger partial charge in [-0.2, -0.15) is 0 Å². The van der Waals surface area contributed by atoms with Gasteiger partial charge in [-0.15, -0.1) is 0 Å². The van der Waals surface area contributed by atoms with E-state index in [2.05, 4.69) is 10.9 Å². The molecule has 2 unspecified atom stereocenters. The second-order valence-corrected chi connectivity index (χ2v) is 10.1. The Bertz CT molecular complexity index is 985. The normalized spacial score (nSPS) is 18.8. The predicted molar refractivity (Wildman–Crippen MR) is 122 cm³/mol. The second kappa shape index (κ2) is 11.1. The monoisotopic (exact) mass is 465 g/mol. The van der Waals surface area contributed by atoms with Crippen LogP contribution in [0.5, 0.6) is 11.5 Å². The maximum absolute atomic E-state index is 13.1. The van der Waals surface area contributed by atoms with E-state index in [9.17, 15) is 12.8 Å². The van der Waals surface area contributed by atoms with Crippen molar-refractivity contribution in [2.75, 3.05) is 27.8 Å². The van der Waals surface area contributed by atoms with Crippen LogP contribution in [-0.4, -0.2) is 46.6 Å². The van der Waals surface area contributed by atoms with Crippen molar-refractivity contribution in [1.29, 1.82) is 0 Å². The molecule has 1 fully saturated rings. The van der Waals surface area contributed by atoms with Crippen molar-refractivity contribution in [2.24, 2.45) is 0 Å². The molecule has 7 nitrogen and oxygen atoms in total. The minimum atomic E-state index is -3.59. The molecule has 176 valence electrons. The van der Waals surface area contributed by atoms with Gasteiger partial charge in [0.05, 0.1) is 19.1 Å². The largest absolute Gasteiger partial charge is 0.493 e. The minimum Gasteiger partial charge on any atom is -0.493 e. The quantitative estimate of drug-likeness (QED) is 0.494. The lowest BCUT2D eigenvalue weighted by Gasteiger charge is -2.18. The lowest BCUT2D eigenvalue weighted by atomic mass is 9.99. The smallest absolute Gasteiger partial charge is 0.242 e. The highest BCUT2D eigenvalue weighted by atomic mass is 32.2. The van der Waals surface area contributed by atoms with Gasteiger partial charge in [-0.3, -0.25) is 10.9 Å². The third-order valence-electron chi connectivity index (χ3n) is 5.84. The number of sulfonamides is 1. The molecule has 0 bridgehead atoms. The van der Waals surface area contributed by atoms with Gasteiger partial charge >= 0.3 is 0 Å². The van der Waals surface area contributed by atoms with Crippen molar-refractivity contribution >= 4 is 10.0 Å². The average molecular weight is 466 g/mol. The Balaban J connectivity index is 1.41. The van der Waals surface area contributed by atoms with Crippen LogP contribution in [0.3, 0.4) is 0 Å². The molecule has 0 aliphatic carbocycles. The summed E-state index contributed by atoms with van der Waals surface area (Å²) in [6.45, 7) is 0.450. The van der Waals surface area contributed by atoms with Crippen molar-refractivity contribution < 1.29 is 22.3 Å². The van der Waals surface area contributed by atoms with Crippen LogP contribution in [0.2, 0.25) is 0 Å². The van der Waals surface area contributed by atoms with E-state index in [0.717, 1.165) is 37.7 Å². The molecule has 1 aliphatic heterocycles. The molecular weight excluding hydrogens is 433 g/mol. The van der Waals surface area contributed by atoms with E-state index < -0.39 is 10.0 Å². The molecule has 1 aliphatic rings. The summed E-state index contributed by atoms with van der Waals surface area (Å²) in [4.78, 5) is 0.186. The zero-order valence-electron chi connectivity index (χ0n) is 18.8. The summed E-state index contributed by atoms with van der Waals surface area (Å²) in [6.07, 6.45) is 4.66. The Morgan fingerprint density at radius 2 is 1.72 bits per heavy atom.